The summed E-state index contributed by atoms with van der Waals surface area (Å²) in [5.41, 5.74) is 1.56. The minimum absolute atomic E-state index is 0.126. The summed E-state index contributed by atoms with van der Waals surface area (Å²) in [7, 11) is 0. The van der Waals surface area contributed by atoms with Crippen LogP contribution in [0.3, 0.4) is 0 Å². The molecular weight excluding hydrogens is 330 g/mol. The Morgan fingerprint density at radius 3 is 2.75 bits per heavy atom. The molecule has 0 aromatic heterocycles. The predicted octanol–water partition coefficient (Wildman–Crippen LogP) is 2.48. The lowest BCUT2D eigenvalue weighted by molar-refractivity contribution is -0.384. The lowest BCUT2D eigenvalue weighted by atomic mass is 10.0. The quantitative estimate of drug-likeness (QED) is 0.669. The van der Waals surface area contributed by atoms with Gasteiger partial charge in [-0.1, -0.05) is 24.3 Å². The Morgan fingerprint density at radius 1 is 1.17 bits per heavy atom. The van der Waals surface area contributed by atoms with Crippen molar-refractivity contribution in [3.8, 4) is 0 Å². The lowest BCUT2D eigenvalue weighted by Crippen LogP contribution is -2.47. The van der Waals surface area contributed by atoms with Gasteiger partial charge in [-0.15, -0.1) is 11.8 Å². The van der Waals surface area contributed by atoms with Gasteiger partial charge < -0.3 is 5.32 Å². The first-order valence-corrected chi connectivity index (χ1v) is 8.15. The maximum atomic E-state index is 12.7. The van der Waals surface area contributed by atoms with Gasteiger partial charge in [-0.2, -0.15) is 0 Å². The highest BCUT2D eigenvalue weighted by Crippen LogP contribution is 2.53. The number of anilines is 2. The summed E-state index contributed by atoms with van der Waals surface area (Å²) in [6.07, 6.45) is 0. The Morgan fingerprint density at radius 2 is 1.96 bits per heavy atom. The van der Waals surface area contributed by atoms with E-state index in [0.717, 1.165) is 0 Å². The number of nitro groups is 1. The van der Waals surface area contributed by atoms with Crippen molar-refractivity contribution in [3.05, 3.63) is 64.2 Å². The van der Waals surface area contributed by atoms with Crippen molar-refractivity contribution in [2.75, 3.05) is 16.0 Å². The summed E-state index contributed by atoms with van der Waals surface area (Å²) in [6, 6.07) is 13.0. The van der Waals surface area contributed by atoms with E-state index in [0.29, 0.717) is 16.9 Å². The number of hydrogen-bond acceptors (Lipinski definition) is 5. The van der Waals surface area contributed by atoms with Crippen LogP contribution in [0.25, 0.3) is 0 Å². The molecule has 1 N–H and O–H groups in total. The maximum Gasteiger partial charge on any atom is 0.271 e. The largest absolute Gasteiger partial charge is 0.323 e. The molecule has 0 aliphatic carbocycles. The Kier molecular flexibility index (Phi) is 3.10. The van der Waals surface area contributed by atoms with Gasteiger partial charge in [-0.3, -0.25) is 24.6 Å². The van der Waals surface area contributed by atoms with Crippen LogP contribution in [0.15, 0.2) is 48.5 Å². The number of thioether (sulfide) groups is 1. The Balaban J connectivity index is 1.91. The lowest BCUT2D eigenvalue weighted by Gasteiger charge is -2.32. The van der Waals surface area contributed by atoms with Gasteiger partial charge in [0.15, 0.2) is 0 Å². The van der Waals surface area contributed by atoms with Gasteiger partial charge in [0.05, 0.1) is 16.4 Å². The van der Waals surface area contributed by atoms with Gasteiger partial charge in [0, 0.05) is 23.4 Å². The molecule has 0 saturated carbocycles. The van der Waals surface area contributed by atoms with E-state index in [-0.39, 0.29) is 23.3 Å². The van der Waals surface area contributed by atoms with E-state index in [2.05, 4.69) is 5.32 Å². The molecule has 0 radical (unpaired) electrons. The van der Waals surface area contributed by atoms with Crippen LogP contribution in [0.5, 0.6) is 0 Å². The second-order valence-corrected chi connectivity index (χ2v) is 6.61. The van der Waals surface area contributed by atoms with E-state index in [4.69, 9.17) is 0 Å². The van der Waals surface area contributed by atoms with Crippen LogP contribution < -0.4 is 10.2 Å². The third-order valence-electron chi connectivity index (χ3n) is 4.12. The van der Waals surface area contributed by atoms with Crippen molar-refractivity contribution in [1.29, 1.82) is 0 Å². The van der Waals surface area contributed by atoms with E-state index in [1.165, 1.54) is 34.9 Å². The highest BCUT2D eigenvalue weighted by Gasteiger charge is 2.58. The topological polar surface area (TPSA) is 92.6 Å². The van der Waals surface area contributed by atoms with Gasteiger partial charge in [0.25, 0.3) is 11.6 Å². The molecule has 2 heterocycles. The van der Waals surface area contributed by atoms with E-state index >= 15 is 0 Å². The van der Waals surface area contributed by atoms with E-state index in [1.54, 1.807) is 30.3 Å². The van der Waals surface area contributed by atoms with E-state index in [9.17, 15) is 19.7 Å². The summed E-state index contributed by atoms with van der Waals surface area (Å²) in [5.74, 6) is -0.442. The van der Waals surface area contributed by atoms with Crippen molar-refractivity contribution in [2.24, 2.45) is 0 Å². The van der Waals surface area contributed by atoms with Crippen LogP contribution in [0, 0.1) is 10.1 Å². The number of hydrogen-bond donors (Lipinski definition) is 1. The molecule has 2 aromatic rings. The Labute approximate surface area is 140 Å². The van der Waals surface area contributed by atoms with Gasteiger partial charge in [0.1, 0.15) is 0 Å². The number of amides is 2. The molecule has 4 rings (SSSR count). The number of carbonyl (C=O) groups is 2. The van der Waals surface area contributed by atoms with Crippen LogP contribution in [-0.2, 0) is 14.5 Å². The summed E-state index contributed by atoms with van der Waals surface area (Å²) in [5, 5.41) is 13.8. The number of nitrogens with one attached hydrogen (secondary N) is 1. The zero-order valence-corrected chi connectivity index (χ0v) is 13.1. The Hall–Kier alpha value is -2.87. The average Bonchev–Trinajstić information content (AvgIpc) is 3.07. The van der Waals surface area contributed by atoms with Crippen molar-refractivity contribution < 1.29 is 14.5 Å². The highest BCUT2D eigenvalue weighted by atomic mass is 32.2. The smallest absolute Gasteiger partial charge is 0.271 e. The first-order chi connectivity index (χ1) is 11.5. The third-order valence-corrected chi connectivity index (χ3v) is 5.51. The molecular formula is C16H11N3O4S. The number of non-ortho nitro benzene ring substituents is 1. The second-order valence-electron chi connectivity index (χ2n) is 5.44. The Bertz CT molecular complexity index is 900. The van der Waals surface area contributed by atoms with E-state index in [1.807, 2.05) is 0 Å². The van der Waals surface area contributed by atoms with Crippen LogP contribution in [-0.4, -0.2) is 22.5 Å². The van der Waals surface area contributed by atoms with E-state index < -0.39 is 9.79 Å². The van der Waals surface area contributed by atoms with Crippen molar-refractivity contribution in [2.45, 2.75) is 4.87 Å². The standard InChI is InChI=1S/C16H11N3O4S/c20-14-9-24-16(12-6-1-2-7-13(12)17-15(16)21)18(14)10-4-3-5-11(8-10)19(22)23/h1-8H,9H2,(H,17,21)/t16-/m1/s1. The van der Waals surface area contributed by atoms with Crippen LogP contribution >= 0.6 is 11.8 Å². The molecule has 120 valence electrons. The first-order valence-electron chi connectivity index (χ1n) is 7.16. The summed E-state index contributed by atoms with van der Waals surface area (Å²) < 4.78 is 0. The maximum absolute atomic E-state index is 12.7. The monoisotopic (exact) mass is 341 g/mol. The molecule has 1 fully saturated rings. The number of benzene rings is 2. The second kappa shape index (κ2) is 5.07. The normalized spacial score (nSPS) is 21.9. The van der Waals surface area contributed by atoms with Crippen molar-refractivity contribution in [1.82, 2.24) is 0 Å². The molecule has 8 heteroatoms. The summed E-state index contributed by atoms with van der Waals surface area (Å²) >= 11 is 1.22. The zero-order chi connectivity index (χ0) is 16.9. The zero-order valence-electron chi connectivity index (χ0n) is 12.3. The molecule has 0 unspecified atom stereocenters. The summed E-state index contributed by atoms with van der Waals surface area (Å²) in [4.78, 5) is 35.9. The third kappa shape index (κ3) is 1.86. The van der Waals surface area contributed by atoms with Crippen LogP contribution in [0.2, 0.25) is 0 Å². The predicted molar refractivity (Wildman–Crippen MR) is 89.8 cm³/mol. The van der Waals surface area contributed by atoms with Gasteiger partial charge in [-0.05, 0) is 12.1 Å². The van der Waals surface area contributed by atoms with Gasteiger partial charge >= 0.3 is 0 Å². The number of fused-ring (bicyclic) bond motifs is 2. The SMILES string of the molecule is O=C1CS[C@]2(C(=O)Nc3ccccc32)N1c1cccc([N+](=O)[O-])c1. The molecule has 2 aliphatic heterocycles. The van der Waals surface area contributed by atoms with Crippen LogP contribution in [0.4, 0.5) is 17.1 Å². The highest BCUT2D eigenvalue weighted by molar-refractivity contribution is 8.02. The number of nitro benzene ring substituents is 1. The fraction of sp³-hybridized carbons (Fsp3) is 0.125. The molecule has 1 saturated heterocycles. The number of rotatable bonds is 2. The van der Waals surface area contributed by atoms with Crippen molar-refractivity contribution >= 4 is 40.6 Å². The molecule has 1 atom stereocenters. The molecule has 24 heavy (non-hydrogen) atoms. The fourth-order valence-corrected chi connectivity index (χ4v) is 4.44. The molecule has 2 aromatic carbocycles. The minimum atomic E-state index is -1.22. The molecule has 2 aliphatic rings. The number of carbonyl (C=O) groups excluding carboxylic acids is 2. The molecule has 1 spiro atoms. The summed E-state index contributed by atoms with van der Waals surface area (Å²) in [6.45, 7) is 0. The molecule has 2 amide bonds. The average molecular weight is 341 g/mol. The van der Waals surface area contributed by atoms with Gasteiger partial charge in [-0.25, -0.2) is 0 Å². The number of nitrogens with zero attached hydrogens (tertiary/aromatic N) is 2. The van der Waals surface area contributed by atoms with Gasteiger partial charge in [0.2, 0.25) is 10.8 Å². The minimum Gasteiger partial charge on any atom is -0.323 e. The number of para-hydroxylation sites is 1. The fourth-order valence-electron chi connectivity index (χ4n) is 3.12. The first kappa shape index (κ1) is 14.7. The molecule has 0 bridgehead atoms. The molecule has 7 nitrogen and oxygen atoms in total. The van der Waals surface area contributed by atoms with Crippen LogP contribution in [0.1, 0.15) is 5.56 Å². The van der Waals surface area contributed by atoms with Crippen molar-refractivity contribution in [3.63, 3.8) is 0 Å².